The molecule has 1 N–H and O–H groups in total. The summed E-state index contributed by atoms with van der Waals surface area (Å²) in [5, 5.41) is 2.70. The van der Waals surface area contributed by atoms with Crippen molar-refractivity contribution in [2.45, 2.75) is 70.8 Å². The van der Waals surface area contributed by atoms with Gasteiger partial charge in [-0.3, -0.25) is 14.5 Å². The smallest absolute Gasteiger partial charge is 0.338 e. The lowest BCUT2D eigenvalue weighted by Gasteiger charge is -2.39. The molecule has 0 bridgehead atoms. The second kappa shape index (κ2) is 13.1. The van der Waals surface area contributed by atoms with Crippen molar-refractivity contribution in [1.82, 2.24) is 10.2 Å². The number of carbonyl (C=O) groups is 3. The van der Waals surface area contributed by atoms with Crippen molar-refractivity contribution >= 4 is 24.0 Å². The van der Waals surface area contributed by atoms with E-state index in [0.717, 1.165) is 100 Å². The number of methoxy groups -OCH3 is 1. The van der Waals surface area contributed by atoms with Crippen molar-refractivity contribution in [2.24, 2.45) is 5.41 Å². The van der Waals surface area contributed by atoms with Crippen LogP contribution in [0.3, 0.4) is 0 Å². The molecule has 2 amide bonds. The third kappa shape index (κ3) is 6.92. The number of esters is 1. The Morgan fingerprint density at radius 2 is 1.88 bits per heavy atom. The van der Waals surface area contributed by atoms with Gasteiger partial charge in [0.25, 0.3) is 0 Å². The number of hydrogen-bond donors (Lipinski definition) is 1. The maximum atomic E-state index is 13.1. The van der Waals surface area contributed by atoms with Gasteiger partial charge in [0.1, 0.15) is 5.75 Å². The second-order valence-corrected chi connectivity index (χ2v) is 11.9. The zero-order valence-electron chi connectivity index (χ0n) is 24.5. The SMILES string of the molecule is CCOc1cc(C(=O)OC)c(C2CC2)cc1CN1CCC2(CC1)CC(=O)N(c1ccc(CCCCNC=O)cc1)C2. The molecule has 0 radical (unpaired) electrons. The van der Waals surface area contributed by atoms with Crippen molar-refractivity contribution in [3.05, 3.63) is 58.7 Å². The van der Waals surface area contributed by atoms with E-state index in [4.69, 9.17) is 9.47 Å². The predicted octanol–water partition coefficient (Wildman–Crippen LogP) is 4.84. The molecule has 2 aromatic carbocycles. The summed E-state index contributed by atoms with van der Waals surface area (Å²) in [7, 11) is 1.43. The van der Waals surface area contributed by atoms with Crippen molar-refractivity contribution < 1.29 is 23.9 Å². The van der Waals surface area contributed by atoms with E-state index < -0.39 is 0 Å². The minimum atomic E-state index is -0.298. The molecule has 2 heterocycles. The molecule has 1 spiro atoms. The largest absolute Gasteiger partial charge is 0.494 e. The van der Waals surface area contributed by atoms with E-state index in [1.54, 1.807) is 0 Å². The Morgan fingerprint density at radius 3 is 2.54 bits per heavy atom. The molecule has 5 rings (SSSR count). The Bertz CT molecular complexity index is 1230. The van der Waals surface area contributed by atoms with E-state index in [2.05, 4.69) is 40.5 Å². The number of likely N-dealkylation sites (tertiary alicyclic amines) is 1. The maximum absolute atomic E-state index is 13.1. The fourth-order valence-electron chi connectivity index (χ4n) is 6.43. The van der Waals surface area contributed by atoms with E-state index in [1.165, 1.54) is 12.7 Å². The number of anilines is 1. The normalized spacial score (nSPS) is 18.5. The van der Waals surface area contributed by atoms with Gasteiger partial charge in [-0.1, -0.05) is 12.1 Å². The van der Waals surface area contributed by atoms with Crippen molar-refractivity contribution in [2.75, 3.05) is 44.8 Å². The molecule has 3 fully saturated rings. The topological polar surface area (TPSA) is 88.2 Å². The number of ether oxygens (including phenoxy) is 2. The lowest BCUT2D eigenvalue weighted by atomic mass is 9.77. The van der Waals surface area contributed by atoms with Gasteiger partial charge in [0.05, 0.1) is 19.3 Å². The van der Waals surface area contributed by atoms with Gasteiger partial charge in [0, 0.05) is 37.3 Å². The Kier molecular flexibility index (Phi) is 9.28. The molecular weight excluding hydrogens is 518 g/mol. The zero-order chi connectivity index (χ0) is 28.8. The maximum Gasteiger partial charge on any atom is 0.338 e. The molecule has 0 atom stereocenters. The molecule has 0 aromatic heterocycles. The highest BCUT2D eigenvalue weighted by Gasteiger charge is 2.45. The summed E-state index contributed by atoms with van der Waals surface area (Å²) in [5.74, 6) is 1.12. The Morgan fingerprint density at radius 1 is 1.12 bits per heavy atom. The fraction of sp³-hybridized carbons (Fsp3) is 0.545. The first-order valence-corrected chi connectivity index (χ1v) is 15.1. The number of unbranched alkanes of at least 4 members (excludes halogenated alkanes) is 1. The predicted molar refractivity (Wildman–Crippen MR) is 158 cm³/mol. The number of rotatable bonds is 13. The highest BCUT2D eigenvalue weighted by molar-refractivity contribution is 5.96. The van der Waals surface area contributed by atoms with E-state index in [0.29, 0.717) is 31.1 Å². The standard InChI is InChI=1S/C33H43N3O5/c1-3-41-30-19-29(32(39)40-2)28(25-9-10-25)18-26(30)21-35-16-13-33(14-17-35)20-31(38)36(22-33)27-11-7-24(8-12-27)6-4-5-15-34-23-37/h7-8,11-12,18-19,23,25H,3-6,9-10,13-17,20-22H2,1-2H3,(H,34,37). The Balaban J connectivity index is 1.19. The molecule has 2 saturated heterocycles. The minimum Gasteiger partial charge on any atom is -0.494 e. The van der Waals surface area contributed by atoms with E-state index >= 15 is 0 Å². The first-order valence-electron chi connectivity index (χ1n) is 15.1. The monoisotopic (exact) mass is 561 g/mol. The van der Waals surface area contributed by atoms with Crippen LogP contribution in [0.15, 0.2) is 36.4 Å². The summed E-state index contributed by atoms with van der Waals surface area (Å²) >= 11 is 0. The van der Waals surface area contributed by atoms with E-state index in [-0.39, 0.29) is 17.3 Å². The van der Waals surface area contributed by atoms with Crippen LogP contribution in [0.4, 0.5) is 5.69 Å². The molecule has 0 unspecified atom stereocenters. The Hall–Kier alpha value is -3.39. The first-order chi connectivity index (χ1) is 19.9. The molecule has 8 nitrogen and oxygen atoms in total. The molecule has 41 heavy (non-hydrogen) atoms. The number of nitrogens with zero attached hydrogens (tertiary/aromatic N) is 2. The van der Waals surface area contributed by atoms with Crippen LogP contribution in [0.1, 0.15) is 84.8 Å². The van der Waals surface area contributed by atoms with Crippen LogP contribution >= 0.6 is 0 Å². The summed E-state index contributed by atoms with van der Waals surface area (Å²) in [4.78, 5) is 40.4. The van der Waals surface area contributed by atoms with Crippen LogP contribution < -0.4 is 15.0 Å². The van der Waals surface area contributed by atoms with Crippen LogP contribution in [-0.2, 0) is 27.3 Å². The van der Waals surface area contributed by atoms with Gasteiger partial charge in [0.15, 0.2) is 0 Å². The summed E-state index contributed by atoms with van der Waals surface area (Å²) in [6.45, 7) is 6.63. The first kappa shape index (κ1) is 29.1. The summed E-state index contributed by atoms with van der Waals surface area (Å²) in [5.41, 5.74) is 5.10. The van der Waals surface area contributed by atoms with E-state index in [1.807, 2.05) is 17.9 Å². The molecular formula is C33H43N3O5. The number of nitrogens with one attached hydrogen (secondary N) is 1. The summed E-state index contributed by atoms with van der Waals surface area (Å²) in [6.07, 6.45) is 8.48. The van der Waals surface area contributed by atoms with Crippen LogP contribution in [0, 0.1) is 5.41 Å². The quantitative estimate of drug-likeness (QED) is 0.214. The fourth-order valence-corrected chi connectivity index (χ4v) is 6.43. The minimum absolute atomic E-state index is 0.0223. The lowest BCUT2D eigenvalue weighted by Crippen LogP contribution is -2.41. The average Bonchev–Trinajstić information content (AvgIpc) is 3.78. The number of benzene rings is 2. The number of piperidine rings is 1. The van der Waals surface area contributed by atoms with Crippen LogP contribution in [0.2, 0.25) is 0 Å². The van der Waals surface area contributed by atoms with Crippen molar-refractivity contribution in [1.29, 1.82) is 0 Å². The number of carbonyl (C=O) groups excluding carboxylic acids is 3. The number of hydrogen-bond acceptors (Lipinski definition) is 6. The molecule has 1 saturated carbocycles. The highest BCUT2D eigenvalue weighted by Crippen LogP contribution is 2.45. The van der Waals surface area contributed by atoms with E-state index in [9.17, 15) is 14.4 Å². The molecule has 2 aliphatic heterocycles. The third-order valence-corrected chi connectivity index (χ3v) is 8.95. The molecule has 3 aliphatic rings. The summed E-state index contributed by atoms with van der Waals surface area (Å²) < 4.78 is 11.0. The molecule has 8 heteroatoms. The van der Waals surface area contributed by atoms with Gasteiger partial charge in [-0.25, -0.2) is 4.79 Å². The van der Waals surface area contributed by atoms with Crippen LogP contribution in [-0.4, -0.2) is 63.1 Å². The number of amides is 2. The summed E-state index contributed by atoms with van der Waals surface area (Å²) in [6, 6.07) is 12.5. The third-order valence-electron chi connectivity index (χ3n) is 8.95. The van der Waals surface area contributed by atoms with Gasteiger partial charge in [-0.05, 0) is 112 Å². The highest BCUT2D eigenvalue weighted by atomic mass is 16.5. The van der Waals surface area contributed by atoms with Crippen LogP contribution in [0.25, 0.3) is 0 Å². The Labute approximate surface area is 243 Å². The molecule has 220 valence electrons. The van der Waals surface area contributed by atoms with Gasteiger partial charge < -0.3 is 19.7 Å². The van der Waals surface area contributed by atoms with Gasteiger partial charge in [-0.15, -0.1) is 0 Å². The number of aryl methyl sites for hydroxylation is 1. The van der Waals surface area contributed by atoms with Gasteiger partial charge in [0.2, 0.25) is 12.3 Å². The second-order valence-electron chi connectivity index (χ2n) is 11.9. The molecule has 2 aromatic rings. The zero-order valence-corrected chi connectivity index (χ0v) is 24.5. The lowest BCUT2D eigenvalue weighted by molar-refractivity contribution is -0.118. The van der Waals surface area contributed by atoms with Crippen molar-refractivity contribution in [3.8, 4) is 5.75 Å². The van der Waals surface area contributed by atoms with Gasteiger partial charge >= 0.3 is 5.97 Å². The van der Waals surface area contributed by atoms with Crippen LogP contribution in [0.5, 0.6) is 5.75 Å². The van der Waals surface area contributed by atoms with Gasteiger partial charge in [-0.2, -0.15) is 0 Å². The van der Waals surface area contributed by atoms with Crippen molar-refractivity contribution in [3.63, 3.8) is 0 Å². The average molecular weight is 562 g/mol. The molecule has 1 aliphatic carbocycles.